The number of piperidine rings is 1. The van der Waals surface area contributed by atoms with E-state index in [0.29, 0.717) is 17.8 Å². The summed E-state index contributed by atoms with van der Waals surface area (Å²) in [4.78, 5) is 38.8. The van der Waals surface area contributed by atoms with Crippen LogP contribution in [0.2, 0.25) is 0 Å². The SMILES string of the molecule is CC(=O)Nc1cc(C(=O)OC(C(=O)N2CCCCC2C)C(C)C)ccc1C. The second kappa shape index (κ2) is 9.02. The predicted molar refractivity (Wildman–Crippen MR) is 105 cm³/mol. The second-order valence-corrected chi connectivity index (χ2v) is 7.66. The standard InChI is InChI=1S/C21H30N2O4/c1-13(2)19(20(25)23-11-7-6-8-15(23)4)27-21(26)17-10-9-14(3)18(12-17)22-16(5)24/h9-10,12-13,15,19H,6-8,11H2,1-5H3,(H,22,24). The largest absolute Gasteiger partial charge is 0.448 e. The van der Waals surface area contributed by atoms with Crippen LogP contribution in [0.5, 0.6) is 0 Å². The Labute approximate surface area is 161 Å². The van der Waals surface area contributed by atoms with Crippen LogP contribution in [-0.4, -0.2) is 41.4 Å². The number of likely N-dealkylation sites (tertiary alicyclic amines) is 1. The third-order valence-corrected chi connectivity index (χ3v) is 4.95. The Bertz CT molecular complexity index is 714. The van der Waals surface area contributed by atoms with Crippen LogP contribution < -0.4 is 5.32 Å². The van der Waals surface area contributed by atoms with E-state index in [0.717, 1.165) is 24.8 Å². The molecule has 2 atom stereocenters. The smallest absolute Gasteiger partial charge is 0.338 e. The van der Waals surface area contributed by atoms with Crippen LogP contribution in [0.4, 0.5) is 5.69 Å². The Hall–Kier alpha value is -2.37. The van der Waals surface area contributed by atoms with Gasteiger partial charge in [-0.25, -0.2) is 4.79 Å². The molecule has 148 valence electrons. The molecular formula is C21H30N2O4. The lowest BCUT2D eigenvalue weighted by Gasteiger charge is -2.36. The molecule has 1 aliphatic rings. The first kappa shape index (κ1) is 20.9. The summed E-state index contributed by atoms with van der Waals surface area (Å²) in [7, 11) is 0. The quantitative estimate of drug-likeness (QED) is 0.800. The zero-order chi connectivity index (χ0) is 20.1. The van der Waals surface area contributed by atoms with Gasteiger partial charge in [0.15, 0.2) is 6.10 Å². The maximum absolute atomic E-state index is 13.0. The van der Waals surface area contributed by atoms with Gasteiger partial charge < -0.3 is 15.0 Å². The summed E-state index contributed by atoms with van der Waals surface area (Å²) in [5.41, 5.74) is 1.73. The Balaban J connectivity index is 2.17. The van der Waals surface area contributed by atoms with Crippen molar-refractivity contribution in [3.63, 3.8) is 0 Å². The van der Waals surface area contributed by atoms with E-state index in [4.69, 9.17) is 4.74 Å². The van der Waals surface area contributed by atoms with Crippen molar-refractivity contribution < 1.29 is 19.1 Å². The van der Waals surface area contributed by atoms with E-state index in [1.165, 1.54) is 6.92 Å². The summed E-state index contributed by atoms with van der Waals surface area (Å²) in [5.74, 6) is -1.02. The monoisotopic (exact) mass is 374 g/mol. The van der Waals surface area contributed by atoms with Gasteiger partial charge in [0.05, 0.1) is 5.56 Å². The summed E-state index contributed by atoms with van der Waals surface area (Å²) < 4.78 is 5.62. The van der Waals surface area contributed by atoms with E-state index >= 15 is 0 Å². The van der Waals surface area contributed by atoms with Crippen molar-refractivity contribution in [2.24, 2.45) is 5.92 Å². The number of nitrogens with one attached hydrogen (secondary N) is 1. The van der Waals surface area contributed by atoms with Crippen molar-refractivity contribution >= 4 is 23.5 Å². The van der Waals surface area contributed by atoms with Crippen LogP contribution >= 0.6 is 0 Å². The van der Waals surface area contributed by atoms with Gasteiger partial charge in [-0.3, -0.25) is 9.59 Å². The molecule has 1 aromatic carbocycles. The molecule has 1 heterocycles. The minimum Gasteiger partial charge on any atom is -0.448 e. The van der Waals surface area contributed by atoms with Gasteiger partial charge in [0.1, 0.15) is 0 Å². The summed E-state index contributed by atoms with van der Waals surface area (Å²) in [5, 5.41) is 2.70. The van der Waals surface area contributed by atoms with Crippen molar-refractivity contribution in [3.05, 3.63) is 29.3 Å². The van der Waals surface area contributed by atoms with E-state index in [-0.39, 0.29) is 23.8 Å². The Morgan fingerprint density at radius 1 is 1.22 bits per heavy atom. The number of aryl methyl sites for hydroxylation is 1. The average molecular weight is 374 g/mol. The molecule has 1 aromatic rings. The van der Waals surface area contributed by atoms with Crippen LogP contribution in [0.25, 0.3) is 0 Å². The van der Waals surface area contributed by atoms with Gasteiger partial charge in [0.25, 0.3) is 5.91 Å². The van der Waals surface area contributed by atoms with Crippen molar-refractivity contribution in [3.8, 4) is 0 Å². The second-order valence-electron chi connectivity index (χ2n) is 7.66. The third-order valence-electron chi connectivity index (χ3n) is 4.95. The number of hydrogen-bond acceptors (Lipinski definition) is 4. The predicted octanol–water partition coefficient (Wildman–Crippen LogP) is 3.54. The van der Waals surface area contributed by atoms with Crippen LogP contribution in [0.15, 0.2) is 18.2 Å². The number of nitrogens with zero attached hydrogens (tertiary/aromatic N) is 1. The van der Waals surface area contributed by atoms with Gasteiger partial charge in [0, 0.05) is 25.2 Å². The molecule has 0 saturated carbocycles. The molecule has 2 amide bonds. The first-order valence-electron chi connectivity index (χ1n) is 9.60. The lowest BCUT2D eigenvalue weighted by Crippen LogP contribution is -2.49. The molecule has 1 aliphatic heterocycles. The lowest BCUT2D eigenvalue weighted by atomic mass is 9.99. The van der Waals surface area contributed by atoms with E-state index in [1.54, 1.807) is 18.2 Å². The number of hydrogen-bond donors (Lipinski definition) is 1. The molecule has 0 bridgehead atoms. The first-order valence-corrected chi connectivity index (χ1v) is 9.60. The van der Waals surface area contributed by atoms with Gasteiger partial charge in [-0.05, 0) is 56.7 Å². The summed E-state index contributed by atoms with van der Waals surface area (Å²) >= 11 is 0. The van der Waals surface area contributed by atoms with Gasteiger partial charge in [0.2, 0.25) is 5.91 Å². The maximum Gasteiger partial charge on any atom is 0.338 e. The molecule has 27 heavy (non-hydrogen) atoms. The topological polar surface area (TPSA) is 75.7 Å². The van der Waals surface area contributed by atoms with Gasteiger partial charge in [-0.2, -0.15) is 0 Å². The highest BCUT2D eigenvalue weighted by Crippen LogP contribution is 2.23. The zero-order valence-corrected chi connectivity index (χ0v) is 16.9. The van der Waals surface area contributed by atoms with Crippen LogP contribution in [0.1, 0.15) is 62.9 Å². The Morgan fingerprint density at radius 2 is 1.93 bits per heavy atom. The van der Waals surface area contributed by atoms with Crippen molar-refractivity contribution in [1.29, 1.82) is 0 Å². The molecule has 0 aromatic heterocycles. The summed E-state index contributed by atoms with van der Waals surface area (Å²) in [6.45, 7) is 9.76. The number of amides is 2. The molecule has 0 aliphatic carbocycles. The molecule has 2 rings (SSSR count). The fourth-order valence-corrected chi connectivity index (χ4v) is 3.32. The van der Waals surface area contributed by atoms with Gasteiger partial charge in [-0.15, -0.1) is 0 Å². The number of benzene rings is 1. The van der Waals surface area contributed by atoms with Crippen LogP contribution in [-0.2, 0) is 14.3 Å². The molecular weight excluding hydrogens is 344 g/mol. The minimum atomic E-state index is -0.816. The maximum atomic E-state index is 13.0. The minimum absolute atomic E-state index is 0.125. The number of ether oxygens (including phenoxy) is 1. The van der Waals surface area contributed by atoms with Crippen LogP contribution in [0, 0.1) is 12.8 Å². The zero-order valence-electron chi connectivity index (χ0n) is 16.9. The molecule has 2 unspecified atom stereocenters. The molecule has 1 saturated heterocycles. The first-order chi connectivity index (χ1) is 12.7. The van der Waals surface area contributed by atoms with Gasteiger partial charge >= 0.3 is 5.97 Å². The fraction of sp³-hybridized carbons (Fsp3) is 0.571. The number of carbonyl (C=O) groups excluding carboxylic acids is 3. The summed E-state index contributed by atoms with van der Waals surface area (Å²) in [6.07, 6.45) is 2.26. The van der Waals surface area contributed by atoms with E-state index in [1.807, 2.05) is 32.6 Å². The highest BCUT2D eigenvalue weighted by molar-refractivity contribution is 5.95. The van der Waals surface area contributed by atoms with Gasteiger partial charge in [-0.1, -0.05) is 19.9 Å². The molecule has 6 nitrogen and oxygen atoms in total. The van der Waals surface area contributed by atoms with Crippen molar-refractivity contribution in [1.82, 2.24) is 4.90 Å². The Morgan fingerprint density at radius 3 is 2.52 bits per heavy atom. The molecule has 0 radical (unpaired) electrons. The normalized spacial score (nSPS) is 18.1. The van der Waals surface area contributed by atoms with E-state index in [9.17, 15) is 14.4 Å². The number of anilines is 1. The molecule has 1 N–H and O–H groups in total. The van der Waals surface area contributed by atoms with Crippen molar-refractivity contribution in [2.45, 2.75) is 66.0 Å². The lowest BCUT2D eigenvalue weighted by molar-refractivity contribution is -0.146. The Kier molecular flexibility index (Phi) is 6.99. The van der Waals surface area contributed by atoms with E-state index < -0.39 is 12.1 Å². The highest BCUT2D eigenvalue weighted by Gasteiger charge is 2.34. The molecule has 1 fully saturated rings. The number of rotatable bonds is 5. The fourth-order valence-electron chi connectivity index (χ4n) is 3.32. The highest BCUT2D eigenvalue weighted by atomic mass is 16.5. The number of esters is 1. The third kappa shape index (κ3) is 5.31. The van der Waals surface area contributed by atoms with Crippen molar-refractivity contribution in [2.75, 3.05) is 11.9 Å². The van der Waals surface area contributed by atoms with Crippen LogP contribution in [0.3, 0.4) is 0 Å². The van der Waals surface area contributed by atoms with E-state index in [2.05, 4.69) is 5.32 Å². The molecule has 6 heteroatoms. The average Bonchev–Trinajstić information content (AvgIpc) is 2.60. The number of carbonyl (C=O) groups is 3. The molecule has 0 spiro atoms. The summed E-state index contributed by atoms with van der Waals surface area (Å²) in [6, 6.07) is 5.15.